The molecule has 1 aliphatic heterocycles. The summed E-state index contributed by atoms with van der Waals surface area (Å²) < 4.78 is 5.73. The van der Waals surface area contributed by atoms with E-state index < -0.39 is 11.5 Å². The average Bonchev–Trinajstić information content (AvgIpc) is 3.12. The van der Waals surface area contributed by atoms with Gasteiger partial charge < -0.3 is 41.0 Å². The van der Waals surface area contributed by atoms with E-state index >= 15 is 0 Å². The van der Waals surface area contributed by atoms with E-state index in [1.54, 1.807) is 18.2 Å². The smallest absolute Gasteiger partial charge is 0.291 e. The van der Waals surface area contributed by atoms with Crippen molar-refractivity contribution in [3.63, 3.8) is 0 Å². The molecule has 0 bridgehead atoms. The third-order valence-corrected chi connectivity index (χ3v) is 7.60. The van der Waals surface area contributed by atoms with Crippen LogP contribution in [0.3, 0.4) is 0 Å². The van der Waals surface area contributed by atoms with Crippen LogP contribution < -0.4 is 31.6 Å². The normalized spacial score (nSPS) is 14.4. The Morgan fingerprint density at radius 3 is 2.69 bits per heavy atom. The van der Waals surface area contributed by atoms with Crippen LogP contribution in [-0.2, 0) is 11.2 Å². The van der Waals surface area contributed by atoms with Gasteiger partial charge in [0, 0.05) is 56.8 Å². The van der Waals surface area contributed by atoms with Gasteiger partial charge in [-0.25, -0.2) is 4.98 Å². The van der Waals surface area contributed by atoms with Gasteiger partial charge in [0.2, 0.25) is 0 Å². The van der Waals surface area contributed by atoms with Crippen molar-refractivity contribution >= 4 is 23.3 Å². The van der Waals surface area contributed by atoms with E-state index in [4.69, 9.17) is 10.5 Å². The number of H-pyrrole nitrogens is 1. The number of amides is 1. The Kier molecular flexibility index (Phi) is 11.9. The zero-order valence-electron chi connectivity index (χ0n) is 25.3. The number of Topliss-reactive ketones (excluding diaryl/α,β-unsaturated/α-hetero) is 1. The molecule has 0 radical (unpaired) electrons. The van der Waals surface area contributed by atoms with E-state index in [1.807, 2.05) is 11.9 Å². The maximum atomic E-state index is 12.9. The number of hydrogen-bond donors (Lipinski definition) is 5. The standard InChI is InChI=1S/C30H45N7O5/c1-6-19(3)16-37(28-30(41)34-26(27(31)35-28)29(40)32-4)13-11-33-22(7-2)10-12-36(5)17-21-18-42-25-9-8-23(38)14-20(25)15-24(21)39/h8-9,14,18-19,22,33,38H,6-7,10-13,15-17H2,1-5H3,(H2,31,35)(H,32,40)(H,34,41). The molecule has 42 heavy (non-hydrogen) atoms. The van der Waals surface area contributed by atoms with Gasteiger partial charge in [-0.05, 0) is 50.6 Å². The molecule has 2 heterocycles. The summed E-state index contributed by atoms with van der Waals surface area (Å²) in [6.45, 7) is 9.35. The maximum Gasteiger partial charge on any atom is 0.291 e. The highest BCUT2D eigenvalue weighted by Crippen LogP contribution is 2.27. The van der Waals surface area contributed by atoms with E-state index in [9.17, 15) is 19.5 Å². The Morgan fingerprint density at radius 1 is 1.24 bits per heavy atom. The number of ketones is 1. The Bertz CT molecular complexity index is 1330. The van der Waals surface area contributed by atoms with Crippen LogP contribution >= 0.6 is 0 Å². The number of nitrogen functional groups attached to an aromatic ring is 1. The predicted molar refractivity (Wildman–Crippen MR) is 164 cm³/mol. The zero-order valence-corrected chi connectivity index (χ0v) is 25.3. The SMILES string of the molecule is CCC(C)CN(CCNC(CC)CCN(C)CC1=COc2ccc(O)cc2CC1=O)c1nc(N)c(C(=O)NC)[nH]c1=O. The Morgan fingerprint density at radius 2 is 2.00 bits per heavy atom. The predicted octanol–water partition coefficient (Wildman–Crippen LogP) is 2.05. The number of ether oxygens (including phenoxy) is 1. The Labute approximate surface area is 247 Å². The van der Waals surface area contributed by atoms with Crippen LogP contribution in [0.4, 0.5) is 11.6 Å². The zero-order chi connectivity index (χ0) is 30.8. The number of carbonyl (C=O) groups is 2. The van der Waals surface area contributed by atoms with Crippen molar-refractivity contribution in [1.82, 2.24) is 25.5 Å². The van der Waals surface area contributed by atoms with E-state index in [-0.39, 0.29) is 41.3 Å². The maximum absolute atomic E-state index is 12.9. The number of benzene rings is 1. The lowest BCUT2D eigenvalue weighted by molar-refractivity contribution is -0.115. The minimum Gasteiger partial charge on any atom is -0.508 e. The van der Waals surface area contributed by atoms with Crippen LogP contribution in [-0.4, -0.2) is 84.5 Å². The molecular weight excluding hydrogens is 538 g/mol. The fourth-order valence-corrected chi connectivity index (χ4v) is 4.79. The second-order valence-electron chi connectivity index (χ2n) is 10.9. The van der Waals surface area contributed by atoms with Gasteiger partial charge in [-0.3, -0.25) is 14.4 Å². The molecule has 0 saturated heterocycles. The number of phenolic OH excluding ortho intramolecular Hbond substituents is 1. The number of phenols is 1. The van der Waals surface area contributed by atoms with Crippen LogP contribution in [0.25, 0.3) is 0 Å². The highest BCUT2D eigenvalue weighted by molar-refractivity contribution is 5.98. The first-order valence-electron chi connectivity index (χ1n) is 14.6. The number of aromatic hydroxyl groups is 1. The average molecular weight is 584 g/mol. The van der Waals surface area contributed by atoms with Crippen molar-refractivity contribution in [2.24, 2.45) is 5.92 Å². The lowest BCUT2D eigenvalue weighted by atomic mass is 10.0. The molecule has 12 heteroatoms. The van der Waals surface area contributed by atoms with Crippen molar-refractivity contribution < 1.29 is 19.4 Å². The molecule has 12 nitrogen and oxygen atoms in total. The van der Waals surface area contributed by atoms with Crippen molar-refractivity contribution in [2.75, 3.05) is 57.5 Å². The molecular formula is C30H45N7O5. The topological polar surface area (TPSA) is 166 Å². The summed E-state index contributed by atoms with van der Waals surface area (Å²) in [5.74, 6) is 0.686. The van der Waals surface area contributed by atoms with Crippen molar-refractivity contribution in [3.8, 4) is 11.5 Å². The quantitative estimate of drug-likeness (QED) is 0.209. The van der Waals surface area contributed by atoms with Gasteiger partial charge in [0.1, 0.15) is 17.2 Å². The highest BCUT2D eigenvalue weighted by atomic mass is 16.5. The molecule has 1 aliphatic rings. The lowest BCUT2D eigenvalue weighted by Gasteiger charge is -2.28. The summed E-state index contributed by atoms with van der Waals surface area (Å²) in [4.78, 5) is 48.6. The highest BCUT2D eigenvalue weighted by Gasteiger charge is 2.22. The van der Waals surface area contributed by atoms with Crippen LogP contribution in [0, 0.1) is 5.92 Å². The van der Waals surface area contributed by atoms with Gasteiger partial charge in [0.05, 0.1) is 6.26 Å². The molecule has 6 N–H and O–H groups in total. The molecule has 3 rings (SSSR count). The van der Waals surface area contributed by atoms with Crippen LogP contribution in [0.5, 0.6) is 11.5 Å². The summed E-state index contributed by atoms with van der Waals surface area (Å²) in [5.41, 5.74) is 6.79. The molecule has 1 amide bonds. The molecule has 0 fully saturated rings. The summed E-state index contributed by atoms with van der Waals surface area (Å²) in [7, 11) is 3.44. The Balaban J connectivity index is 1.56. The minimum atomic E-state index is -0.493. The van der Waals surface area contributed by atoms with Gasteiger partial charge in [-0.2, -0.15) is 0 Å². The van der Waals surface area contributed by atoms with Gasteiger partial charge in [0.15, 0.2) is 17.4 Å². The second kappa shape index (κ2) is 15.4. The van der Waals surface area contributed by atoms with Crippen molar-refractivity contribution in [2.45, 2.75) is 52.5 Å². The first-order chi connectivity index (χ1) is 20.1. The van der Waals surface area contributed by atoms with Crippen molar-refractivity contribution in [3.05, 3.63) is 51.6 Å². The number of rotatable bonds is 15. The molecule has 0 aliphatic carbocycles. The largest absolute Gasteiger partial charge is 0.508 e. The second-order valence-corrected chi connectivity index (χ2v) is 10.9. The first kappa shape index (κ1) is 32.6. The van der Waals surface area contributed by atoms with Crippen LogP contribution in [0.1, 0.15) is 56.1 Å². The number of anilines is 2. The fraction of sp³-hybridized carbons (Fsp3) is 0.533. The van der Waals surface area contributed by atoms with Gasteiger partial charge in [-0.1, -0.05) is 27.2 Å². The number of nitrogens with zero attached hydrogens (tertiary/aromatic N) is 3. The van der Waals surface area contributed by atoms with Crippen LogP contribution in [0.15, 0.2) is 34.8 Å². The number of aromatic nitrogens is 2. The Hall–Kier alpha value is -3.90. The molecule has 1 aromatic heterocycles. The van der Waals surface area contributed by atoms with E-state index in [2.05, 4.69) is 46.3 Å². The van der Waals surface area contributed by atoms with Crippen LogP contribution in [0.2, 0.25) is 0 Å². The summed E-state index contributed by atoms with van der Waals surface area (Å²) >= 11 is 0. The summed E-state index contributed by atoms with van der Waals surface area (Å²) in [6.07, 6.45) is 4.42. The molecule has 0 spiro atoms. The molecule has 2 atom stereocenters. The van der Waals surface area contributed by atoms with Gasteiger partial charge in [0.25, 0.3) is 11.5 Å². The third-order valence-electron chi connectivity index (χ3n) is 7.60. The lowest BCUT2D eigenvalue weighted by Crippen LogP contribution is -2.42. The molecule has 2 unspecified atom stereocenters. The molecule has 230 valence electrons. The van der Waals surface area contributed by atoms with E-state index in [0.29, 0.717) is 49.0 Å². The number of hydrogen-bond acceptors (Lipinski definition) is 10. The van der Waals surface area contributed by atoms with E-state index in [1.165, 1.54) is 13.3 Å². The number of likely N-dealkylation sites (N-methyl/N-ethyl adjacent to an activating group) is 1. The minimum absolute atomic E-state index is 0.0183. The first-order valence-corrected chi connectivity index (χ1v) is 14.6. The van der Waals surface area contributed by atoms with Crippen molar-refractivity contribution in [1.29, 1.82) is 0 Å². The molecule has 2 aromatic rings. The molecule has 0 saturated carbocycles. The van der Waals surface area contributed by atoms with Gasteiger partial charge in [-0.15, -0.1) is 0 Å². The monoisotopic (exact) mass is 583 g/mol. The number of aromatic amines is 1. The van der Waals surface area contributed by atoms with Gasteiger partial charge >= 0.3 is 0 Å². The molecule has 1 aromatic carbocycles. The van der Waals surface area contributed by atoms with E-state index in [0.717, 1.165) is 25.8 Å². The summed E-state index contributed by atoms with van der Waals surface area (Å²) in [5, 5.41) is 15.8. The number of carbonyl (C=O) groups excluding carboxylic acids is 2. The number of nitrogens with one attached hydrogen (secondary N) is 3. The number of fused-ring (bicyclic) bond motifs is 1. The fourth-order valence-electron chi connectivity index (χ4n) is 4.79. The number of nitrogens with two attached hydrogens (primary N) is 1. The third kappa shape index (κ3) is 8.80. The summed E-state index contributed by atoms with van der Waals surface area (Å²) in [6, 6.07) is 5.01.